The zero-order valence-corrected chi connectivity index (χ0v) is 23.4. The summed E-state index contributed by atoms with van der Waals surface area (Å²) in [6.07, 6.45) is 6.40. The van der Waals surface area contributed by atoms with E-state index in [0.29, 0.717) is 47.9 Å². The maximum atomic E-state index is 16.2. The number of aryl methyl sites for hydroxylation is 1. The number of hydrogen-bond acceptors (Lipinski definition) is 5. The minimum Gasteiger partial charge on any atom is -0.399 e. The number of amides is 2. The average Bonchev–Trinajstić information content (AvgIpc) is 3.61. The fraction of sp³-hybridized carbons (Fsp3) is 0.464. The summed E-state index contributed by atoms with van der Waals surface area (Å²) in [5, 5.41) is 4.69. The largest absolute Gasteiger partial charge is 0.495 e. The highest BCUT2D eigenvalue weighted by molar-refractivity contribution is 6.65. The lowest BCUT2D eigenvalue weighted by Gasteiger charge is -2.32. The van der Waals surface area contributed by atoms with Gasteiger partial charge < -0.3 is 24.1 Å². The van der Waals surface area contributed by atoms with Crippen molar-refractivity contribution in [2.45, 2.75) is 58.3 Å². The monoisotopic (exact) mass is 535 g/mol. The summed E-state index contributed by atoms with van der Waals surface area (Å²) in [7, 11) is 2.54. The topological polar surface area (TPSA) is 92.7 Å². The summed E-state index contributed by atoms with van der Waals surface area (Å²) in [5.74, 6) is -0.750. The summed E-state index contributed by atoms with van der Waals surface area (Å²) >= 11 is 0. The molecule has 2 amide bonds. The van der Waals surface area contributed by atoms with Crippen LogP contribution in [-0.2, 0) is 20.6 Å². The molecule has 4 heterocycles. The number of rotatable bonds is 6. The van der Waals surface area contributed by atoms with Crippen molar-refractivity contribution in [3.8, 4) is 0 Å². The molecule has 3 aromatic rings. The Kier molecular flexibility index (Phi) is 6.92. The molecule has 206 valence electrons. The molecule has 1 saturated heterocycles. The second-order valence-corrected chi connectivity index (χ2v) is 11.4. The quantitative estimate of drug-likeness (QED) is 0.490. The molecule has 1 aromatic carbocycles. The van der Waals surface area contributed by atoms with Crippen molar-refractivity contribution in [2.24, 2.45) is 0 Å². The molecule has 0 bridgehead atoms. The molecular weight excluding hydrogens is 500 g/mol. The molecule has 0 unspecified atom stereocenters. The molecule has 0 spiro atoms. The number of aromatic amines is 1. The van der Waals surface area contributed by atoms with Crippen LogP contribution >= 0.6 is 0 Å². The second-order valence-electron chi connectivity index (χ2n) is 11.4. The van der Waals surface area contributed by atoms with Crippen LogP contribution in [0.4, 0.5) is 4.39 Å². The number of carbonyl (C=O) groups excluding carboxylic acids is 2. The normalized spacial score (nSPS) is 18.5. The molecule has 9 nitrogen and oxygen atoms in total. The van der Waals surface area contributed by atoms with Gasteiger partial charge in [-0.25, -0.2) is 4.39 Å². The number of nitrogens with zero attached hydrogens (tertiary/aromatic N) is 4. The van der Waals surface area contributed by atoms with Crippen molar-refractivity contribution in [1.82, 2.24) is 24.6 Å². The number of halogens is 1. The maximum Gasteiger partial charge on any atom is 0.495 e. The molecule has 2 aliphatic heterocycles. The van der Waals surface area contributed by atoms with Crippen LogP contribution in [0.15, 0.2) is 36.7 Å². The fourth-order valence-corrected chi connectivity index (χ4v) is 4.99. The standard InChI is InChI=1S/C28H35BFN5O4/c1-27(2)28(3,4)39-29(38-27)21-15-19(24(30)25-20(21)16-22(32-25)26(37)33(5)6)18-9-7-12-34(17-18)23(36)10-14-35-13-8-11-31-35/h8-9,11,13,15-16,32H,7,10,12,14,17H2,1-6H3. The number of nitrogens with one attached hydrogen (secondary N) is 1. The van der Waals surface area contributed by atoms with E-state index in [2.05, 4.69) is 10.1 Å². The van der Waals surface area contributed by atoms with Gasteiger partial charge in [-0.15, -0.1) is 0 Å². The van der Waals surface area contributed by atoms with Crippen LogP contribution in [0, 0.1) is 5.82 Å². The van der Waals surface area contributed by atoms with Crippen LogP contribution in [0.25, 0.3) is 16.5 Å². The minimum absolute atomic E-state index is 0.0116. The van der Waals surface area contributed by atoms with Crippen molar-refractivity contribution in [3.05, 3.63) is 53.7 Å². The van der Waals surface area contributed by atoms with Gasteiger partial charge in [-0.3, -0.25) is 14.3 Å². The number of carbonyl (C=O) groups is 2. The van der Waals surface area contributed by atoms with E-state index in [9.17, 15) is 9.59 Å². The second kappa shape index (κ2) is 9.95. The van der Waals surface area contributed by atoms with Gasteiger partial charge in [0.2, 0.25) is 5.91 Å². The van der Waals surface area contributed by atoms with E-state index in [0.717, 1.165) is 0 Å². The predicted molar refractivity (Wildman–Crippen MR) is 148 cm³/mol. The molecule has 2 aromatic heterocycles. The molecule has 0 radical (unpaired) electrons. The van der Waals surface area contributed by atoms with Crippen LogP contribution in [0.2, 0.25) is 0 Å². The Morgan fingerprint density at radius 3 is 2.54 bits per heavy atom. The highest BCUT2D eigenvalue weighted by atomic mass is 19.1. The Morgan fingerprint density at radius 2 is 1.90 bits per heavy atom. The van der Waals surface area contributed by atoms with E-state index >= 15 is 4.39 Å². The van der Waals surface area contributed by atoms with Gasteiger partial charge in [0.25, 0.3) is 5.91 Å². The third kappa shape index (κ3) is 5.01. The summed E-state index contributed by atoms with van der Waals surface area (Å²) < 4.78 is 30.6. The summed E-state index contributed by atoms with van der Waals surface area (Å²) in [4.78, 5) is 32.0. The number of hydrogen-bond donors (Lipinski definition) is 1. The molecule has 1 fully saturated rings. The van der Waals surface area contributed by atoms with Crippen LogP contribution < -0.4 is 5.46 Å². The van der Waals surface area contributed by atoms with E-state index < -0.39 is 24.1 Å². The first-order chi connectivity index (χ1) is 18.4. The molecule has 2 aliphatic rings. The smallest absolute Gasteiger partial charge is 0.399 e. The maximum absolute atomic E-state index is 16.2. The Hall–Kier alpha value is -3.44. The Bertz CT molecular complexity index is 1430. The molecule has 11 heteroatoms. The Labute approximate surface area is 228 Å². The van der Waals surface area contributed by atoms with Crippen molar-refractivity contribution < 1.29 is 23.3 Å². The molecule has 0 saturated carbocycles. The summed E-state index contributed by atoms with van der Waals surface area (Å²) in [6, 6.07) is 5.23. The fourth-order valence-electron chi connectivity index (χ4n) is 4.99. The van der Waals surface area contributed by atoms with Crippen LogP contribution in [0.5, 0.6) is 0 Å². The van der Waals surface area contributed by atoms with E-state index in [1.807, 2.05) is 46.0 Å². The lowest BCUT2D eigenvalue weighted by atomic mass is 9.75. The number of aromatic nitrogens is 3. The highest BCUT2D eigenvalue weighted by Crippen LogP contribution is 2.38. The molecule has 0 aliphatic carbocycles. The highest BCUT2D eigenvalue weighted by Gasteiger charge is 2.52. The van der Waals surface area contributed by atoms with E-state index in [-0.39, 0.29) is 29.6 Å². The van der Waals surface area contributed by atoms with E-state index in [4.69, 9.17) is 9.31 Å². The van der Waals surface area contributed by atoms with Gasteiger partial charge in [0, 0.05) is 63.5 Å². The Morgan fingerprint density at radius 1 is 1.18 bits per heavy atom. The zero-order valence-electron chi connectivity index (χ0n) is 23.4. The van der Waals surface area contributed by atoms with Gasteiger partial charge in [0.1, 0.15) is 5.69 Å². The van der Waals surface area contributed by atoms with Crippen LogP contribution in [-0.4, -0.2) is 81.9 Å². The van der Waals surface area contributed by atoms with Gasteiger partial charge in [-0.05, 0) is 57.3 Å². The van der Waals surface area contributed by atoms with Gasteiger partial charge in [0.05, 0.1) is 16.7 Å². The number of fused-ring (bicyclic) bond motifs is 1. The lowest BCUT2D eigenvalue weighted by molar-refractivity contribution is -0.131. The van der Waals surface area contributed by atoms with Crippen molar-refractivity contribution in [1.29, 1.82) is 0 Å². The molecule has 5 rings (SSSR count). The third-order valence-corrected chi connectivity index (χ3v) is 7.99. The van der Waals surface area contributed by atoms with Gasteiger partial charge in [-0.2, -0.15) is 5.10 Å². The van der Waals surface area contributed by atoms with E-state index in [1.54, 1.807) is 42.0 Å². The first kappa shape index (κ1) is 27.1. The molecule has 39 heavy (non-hydrogen) atoms. The minimum atomic E-state index is -0.758. The first-order valence-electron chi connectivity index (χ1n) is 13.2. The van der Waals surface area contributed by atoms with Crippen molar-refractivity contribution >= 4 is 40.9 Å². The first-order valence-corrected chi connectivity index (χ1v) is 13.2. The van der Waals surface area contributed by atoms with Gasteiger partial charge in [-0.1, -0.05) is 12.1 Å². The predicted octanol–water partition coefficient (Wildman–Crippen LogP) is 3.21. The SMILES string of the molecule is CN(C)C(=O)c1cc2c(B3OC(C)(C)C(C)(C)O3)cc(C3=CCCN(C(=O)CCn4cccn4)C3)c(F)c2[nH]1. The van der Waals surface area contributed by atoms with Crippen LogP contribution in [0.3, 0.4) is 0 Å². The number of H-pyrrole nitrogens is 1. The zero-order chi connectivity index (χ0) is 28.1. The molecular formula is C28H35BFN5O4. The van der Waals surface area contributed by atoms with Crippen LogP contribution in [0.1, 0.15) is 56.6 Å². The number of benzene rings is 1. The Balaban J connectivity index is 1.52. The van der Waals surface area contributed by atoms with Gasteiger partial charge in [0.15, 0.2) is 5.82 Å². The summed E-state index contributed by atoms with van der Waals surface area (Å²) in [5.41, 5.74) is 1.00. The van der Waals surface area contributed by atoms with Crippen molar-refractivity contribution in [3.63, 3.8) is 0 Å². The third-order valence-electron chi connectivity index (χ3n) is 7.99. The van der Waals surface area contributed by atoms with E-state index in [1.165, 1.54) is 4.90 Å². The van der Waals surface area contributed by atoms with Gasteiger partial charge >= 0.3 is 7.12 Å². The molecule has 0 atom stereocenters. The lowest BCUT2D eigenvalue weighted by Crippen LogP contribution is -2.41. The molecule has 1 N–H and O–H groups in total. The van der Waals surface area contributed by atoms with Crippen molar-refractivity contribution in [2.75, 3.05) is 27.2 Å². The summed E-state index contributed by atoms with van der Waals surface area (Å²) in [6.45, 7) is 9.18. The average molecular weight is 535 g/mol.